The van der Waals surface area contributed by atoms with E-state index in [4.69, 9.17) is 5.73 Å². The Bertz CT molecular complexity index is 271. The smallest absolute Gasteiger partial charge is 0.00945 e. The first-order chi connectivity index (χ1) is 6.86. The van der Waals surface area contributed by atoms with Crippen LogP contribution in [0.4, 0.5) is 0 Å². The zero-order valence-corrected chi connectivity index (χ0v) is 8.45. The number of rotatable bonds is 2. The highest BCUT2D eigenvalue weighted by Gasteiger charge is 2.21. The molecule has 0 aromatic heterocycles. The van der Waals surface area contributed by atoms with Gasteiger partial charge in [-0.2, -0.15) is 0 Å². The van der Waals surface area contributed by atoms with Crippen LogP contribution >= 0.6 is 0 Å². The standard InChI is InChI=1S/C12H18N2/c13-12-6-7-14-9-11(12)8-10-4-2-1-3-5-10/h1-5,11-12,14H,6-9,13H2/t11-,12+/m1/s1. The van der Waals surface area contributed by atoms with E-state index in [1.807, 2.05) is 0 Å². The van der Waals surface area contributed by atoms with Crippen molar-refractivity contribution >= 4 is 0 Å². The van der Waals surface area contributed by atoms with Gasteiger partial charge in [-0.3, -0.25) is 0 Å². The minimum absolute atomic E-state index is 0.372. The molecule has 3 N–H and O–H groups in total. The number of piperidine rings is 1. The molecule has 0 saturated carbocycles. The van der Waals surface area contributed by atoms with Crippen molar-refractivity contribution in [2.24, 2.45) is 11.7 Å². The molecule has 1 saturated heterocycles. The lowest BCUT2D eigenvalue weighted by Gasteiger charge is -2.29. The number of hydrogen-bond acceptors (Lipinski definition) is 2. The van der Waals surface area contributed by atoms with Crippen molar-refractivity contribution < 1.29 is 0 Å². The normalized spacial score (nSPS) is 27.5. The Kier molecular flexibility index (Phi) is 3.17. The van der Waals surface area contributed by atoms with Crippen molar-refractivity contribution in [2.45, 2.75) is 18.9 Å². The van der Waals surface area contributed by atoms with Crippen LogP contribution in [0.2, 0.25) is 0 Å². The fourth-order valence-electron chi connectivity index (χ4n) is 2.08. The first kappa shape index (κ1) is 9.69. The SMILES string of the molecule is N[C@H]1CCNC[C@H]1Cc1ccccc1. The van der Waals surface area contributed by atoms with Gasteiger partial charge in [0.1, 0.15) is 0 Å². The molecule has 1 aromatic rings. The van der Waals surface area contributed by atoms with Crippen molar-refractivity contribution in [2.75, 3.05) is 13.1 Å². The van der Waals surface area contributed by atoms with E-state index in [1.165, 1.54) is 5.56 Å². The van der Waals surface area contributed by atoms with Gasteiger partial charge in [-0.25, -0.2) is 0 Å². The first-order valence-corrected chi connectivity index (χ1v) is 5.36. The quantitative estimate of drug-likeness (QED) is 0.734. The van der Waals surface area contributed by atoms with Gasteiger partial charge in [0.15, 0.2) is 0 Å². The van der Waals surface area contributed by atoms with E-state index in [9.17, 15) is 0 Å². The van der Waals surface area contributed by atoms with Crippen molar-refractivity contribution in [3.63, 3.8) is 0 Å². The lowest BCUT2D eigenvalue weighted by atomic mass is 9.88. The third-order valence-corrected chi connectivity index (χ3v) is 3.01. The van der Waals surface area contributed by atoms with Crippen molar-refractivity contribution in [1.82, 2.24) is 5.32 Å². The van der Waals surface area contributed by atoms with E-state index in [1.54, 1.807) is 0 Å². The Morgan fingerprint density at radius 1 is 1.29 bits per heavy atom. The number of nitrogens with two attached hydrogens (primary N) is 1. The summed E-state index contributed by atoms with van der Waals surface area (Å²) in [6.45, 7) is 2.14. The van der Waals surface area contributed by atoms with Gasteiger partial charge in [-0.05, 0) is 37.4 Å². The Morgan fingerprint density at radius 2 is 2.07 bits per heavy atom. The van der Waals surface area contributed by atoms with Gasteiger partial charge in [-0.1, -0.05) is 30.3 Å². The molecule has 76 valence electrons. The summed E-state index contributed by atoms with van der Waals surface area (Å²) in [5.74, 6) is 0.603. The Morgan fingerprint density at radius 3 is 2.79 bits per heavy atom. The molecule has 2 nitrogen and oxygen atoms in total. The Labute approximate surface area is 85.5 Å². The summed E-state index contributed by atoms with van der Waals surface area (Å²) >= 11 is 0. The van der Waals surface area contributed by atoms with E-state index < -0.39 is 0 Å². The fourth-order valence-corrected chi connectivity index (χ4v) is 2.08. The van der Waals surface area contributed by atoms with Gasteiger partial charge in [0.25, 0.3) is 0 Å². The van der Waals surface area contributed by atoms with E-state index in [0.29, 0.717) is 12.0 Å². The van der Waals surface area contributed by atoms with Crippen LogP contribution in [0.15, 0.2) is 30.3 Å². The maximum absolute atomic E-state index is 6.09. The lowest BCUT2D eigenvalue weighted by molar-refractivity contribution is 0.324. The van der Waals surface area contributed by atoms with Gasteiger partial charge < -0.3 is 11.1 Å². The second kappa shape index (κ2) is 4.58. The molecule has 1 aliphatic heterocycles. The minimum atomic E-state index is 0.372. The van der Waals surface area contributed by atoms with Crippen LogP contribution in [0.3, 0.4) is 0 Å². The second-order valence-corrected chi connectivity index (χ2v) is 4.11. The van der Waals surface area contributed by atoms with Crippen molar-refractivity contribution in [3.8, 4) is 0 Å². The first-order valence-electron chi connectivity index (χ1n) is 5.36. The Balaban J connectivity index is 1.96. The van der Waals surface area contributed by atoms with E-state index >= 15 is 0 Å². The summed E-state index contributed by atoms with van der Waals surface area (Å²) in [6.07, 6.45) is 2.21. The lowest BCUT2D eigenvalue weighted by Crippen LogP contribution is -2.45. The van der Waals surface area contributed by atoms with Gasteiger partial charge >= 0.3 is 0 Å². The van der Waals surface area contributed by atoms with E-state index in [-0.39, 0.29) is 0 Å². The second-order valence-electron chi connectivity index (χ2n) is 4.11. The molecule has 0 spiro atoms. The molecule has 1 fully saturated rings. The van der Waals surface area contributed by atoms with Gasteiger partial charge in [0, 0.05) is 6.04 Å². The maximum atomic E-state index is 6.09. The summed E-state index contributed by atoms with van der Waals surface area (Å²) in [7, 11) is 0. The molecule has 0 bridgehead atoms. The number of nitrogens with one attached hydrogen (secondary N) is 1. The van der Waals surface area contributed by atoms with Crippen LogP contribution in [0.5, 0.6) is 0 Å². The Hall–Kier alpha value is -0.860. The van der Waals surface area contributed by atoms with Crippen LogP contribution in [0, 0.1) is 5.92 Å². The van der Waals surface area contributed by atoms with Crippen LogP contribution in [-0.4, -0.2) is 19.1 Å². The summed E-state index contributed by atoms with van der Waals surface area (Å²) < 4.78 is 0. The van der Waals surface area contributed by atoms with Crippen molar-refractivity contribution in [1.29, 1.82) is 0 Å². The van der Waals surface area contributed by atoms with Crippen LogP contribution in [0.25, 0.3) is 0 Å². The molecule has 1 aromatic carbocycles. The molecule has 2 atom stereocenters. The molecule has 0 amide bonds. The predicted octanol–water partition coefficient (Wildman–Crippen LogP) is 1.17. The molecule has 2 rings (SSSR count). The maximum Gasteiger partial charge on any atom is 0.00945 e. The summed E-state index contributed by atoms with van der Waals surface area (Å²) in [4.78, 5) is 0. The fraction of sp³-hybridized carbons (Fsp3) is 0.500. The summed E-state index contributed by atoms with van der Waals surface area (Å²) in [5, 5.41) is 3.41. The number of hydrogen-bond donors (Lipinski definition) is 2. The molecule has 14 heavy (non-hydrogen) atoms. The van der Waals surface area contributed by atoms with Gasteiger partial charge in [-0.15, -0.1) is 0 Å². The topological polar surface area (TPSA) is 38.0 Å². The molecular formula is C12H18N2. The highest BCUT2D eigenvalue weighted by atomic mass is 14.9. The molecule has 0 unspecified atom stereocenters. The average molecular weight is 190 g/mol. The highest BCUT2D eigenvalue weighted by Crippen LogP contribution is 2.15. The van der Waals surface area contributed by atoms with Crippen LogP contribution in [0.1, 0.15) is 12.0 Å². The molecular weight excluding hydrogens is 172 g/mol. The molecule has 1 aliphatic rings. The number of benzene rings is 1. The molecule has 2 heteroatoms. The van der Waals surface area contributed by atoms with Gasteiger partial charge in [0.05, 0.1) is 0 Å². The van der Waals surface area contributed by atoms with E-state index in [0.717, 1.165) is 25.9 Å². The third-order valence-electron chi connectivity index (χ3n) is 3.01. The zero-order valence-electron chi connectivity index (χ0n) is 8.45. The summed E-state index contributed by atoms with van der Waals surface area (Å²) in [6, 6.07) is 11.0. The average Bonchev–Trinajstić information content (AvgIpc) is 2.23. The summed E-state index contributed by atoms with van der Waals surface area (Å²) in [5.41, 5.74) is 7.49. The van der Waals surface area contributed by atoms with E-state index in [2.05, 4.69) is 35.6 Å². The van der Waals surface area contributed by atoms with Gasteiger partial charge in [0.2, 0.25) is 0 Å². The van der Waals surface area contributed by atoms with Crippen LogP contribution < -0.4 is 11.1 Å². The molecule has 0 aliphatic carbocycles. The molecule has 0 radical (unpaired) electrons. The molecule has 1 heterocycles. The van der Waals surface area contributed by atoms with Crippen LogP contribution in [-0.2, 0) is 6.42 Å². The predicted molar refractivity (Wildman–Crippen MR) is 59.1 cm³/mol. The monoisotopic (exact) mass is 190 g/mol. The van der Waals surface area contributed by atoms with Crippen molar-refractivity contribution in [3.05, 3.63) is 35.9 Å². The highest BCUT2D eigenvalue weighted by molar-refractivity contribution is 5.15. The minimum Gasteiger partial charge on any atom is -0.327 e. The zero-order chi connectivity index (χ0) is 9.80. The third kappa shape index (κ3) is 2.34. The largest absolute Gasteiger partial charge is 0.327 e.